The SMILES string of the molecule is CCC1(CC)C=CC2N(c3ccccc31)c1cncnc1N2c1ccccc1. The predicted molar refractivity (Wildman–Crippen MR) is 114 cm³/mol. The van der Waals surface area contributed by atoms with Crippen LogP contribution in [0.2, 0.25) is 0 Å². The van der Waals surface area contributed by atoms with Crippen LogP contribution >= 0.6 is 0 Å². The summed E-state index contributed by atoms with van der Waals surface area (Å²) in [5.74, 6) is 0.950. The molecular weight excluding hydrogens is 344 g/mol. The van der Waals surface area contributed by atoms with E-state index in [2.05, 4.69) is 100 Å². The molecule has 5 rings (SSSR count). The molecular formula is C24H24N4. The smallest absolute Gasteiger partial charge is 0.162 e. The molecule has 0 N–H and O–H groups in total. The number of allylic oxidation sites excluding steroid dienone is 1. The standard InChI is InChI=1S/C24H24N4/c1-3-24(4-2)15-14-22-27(18-10-6-5-7-11-18)23-21(16-25-17-26-23)28(22)20-13-9-8-12-19(20)24/h5-17,22H,3-4H2,1-2H3. The Morgan fingerprint density at radius 1 is 0.893 bits per heavy atom. The molecule has 4 heteroatoms. The lowest BCUT2D eigenvalue weighted by Crippen LogP contribution is -2.36. The van der Waals surface area contributed by atoms with Crippen LogP contribution < -0.4 is 9.80 Å². The lowest BCUT2D eigenvalue weighted by Gasteiger charge is -2.32. The molecule has 0 fully saturated rings. The number of hydrogen-bond donors (Lipinski definition) is 0. The quantitative estimate of drug-likeness (QED) is 0.554. The maximum atomic E-state index is 4.66. The fourth-order valence-corrected chi connectivity index (χ4v) is 4.69. The van der Waals surface area contributed by atoms with Gasteiger partial charge in [-0.15, -0.1) is 0 Å². The third kappa shape index (κ3) is 2.30. The van der Waals surface area contributed by atoms with Crippen LogP contribution in [0.25, 0.3) is 0 Å². The second kappa shape index (κ2) is 6.48. The van der Waals surface area contributed by atoms with Crippen LogP contribution in [0.5, 0.6) is 0 Å². The molecule has 3 aromatic rings. The summed E-state index contributed by atoms with van der Waals surface area (Å²) < 4.78 is 0. The summed E-state index contributed by atoms with van der Waals surface area (Å²) in [6.45, 7) is 4.57. The van der Waals surface area contributed by atoms with E-state index < -0.39 is 0 Å². The first kappa shape index (κ1) is 17.0. The van der Waals surface area contributed by atoms with Gasteiger partial charge in [0.1, 0.15) is 18.2 Å². The minimum atomic E-state index is 0.0372. The highest BCUT2D eigenvalue weighted by atomic mass is 15.4. The Hall–Kier alpha value is -3.14. The van der Waals surface area contributed by atoms with Gasteiger partial charge in [-0.25, -0.2) is 9.97 Å². The van der Waals surface area contributed by atoms with Gasteiger partial charge < -0.3 is 4.90 Å². The topological polar surface area (TPSA) is 32.3 Å². The number of fused-ring (bicyclic) bond motifs is 5. The summed E-state index contributed by atoms with van der Waals surface area (Å²) in [5, 5.41) is 0. The van der Waals surface area contributed by atoms with Gasteiger partial charge in [-0.3, -0.25) is 4.90 Å². The van der Waals surface area contributed by atoms with E-state index in [1.165, 1.54) is 11.3 Å². The van der Waals surface area contributed by atoms with E-state index >= 15 is 0 Å². The third-order valence-electron chi connectivity index (χ3n) is 6.27. The van der Waals surface area contributed by atoms with Crippen molar-refractivity contribution in [1.29, 1.82) is 0 Å². The average Bonchev–Trinajstić information content (AvgIpc) is 3.02. The van der Waals surface area contributed by atoms with Gasteiger partial charge in [-0.05, 0) is 42.7 Å². The minimum Gasteiger partial charge on any atom is -0.312 e. The lowest BCUT2D eigenvalue weighted by atomic mass is 9.75. The zero-order valence-corrected chi connectivity index (χ0v) is 16.3. The van der Waals surface area contributed by atoms with E-state index in [4.69, 9.17) is 0 Å². The highest BCUT2D eigenvalue weighted by molar-refractivity contribution is 5.88. The highest BCUT2D eigenvalue weighted by Crippen LogP contribution is 2.51. The average molecular weight is 368 g/mol. The van der Waals surface area contributed by atoms with Crippen molar-refractivity contribution in [2.75, 3.05) is 9.80 Å². The van der Waals surface area contributed by atoms with Gasteiger partial charge in [0.2, 0.25) is 0 Å². The third-order valence-corrected chi connectivity index (χ3v) is 6.27. The van der Waals surface area contributed by atoms with E-state index in [0.29, 0.717) is 0 Å². The van der Waals surface area contributed by atoms with Crippen LogP contribution in [0.3, 0.4) is 0 Å². The molecule has 1 atom stereocenters. The molecule has 0 amide bonds. The first-order valence-electron chi connectivity index (χ1n) is 10.0. The fourth-order valence-electron chi connectivity index (χ4n) is 4.69. The minimum absolute atomic E-state index is 0.0372. The van der Waals surface area contributed by atoms with Crippen molar-refractivity contribution in [3.05, 3.63) is 84.8 Å². The molecule has 0 aliphatic carbocycles. The van der Waals surface area contributed by atoms with Crippen molar-refractivity contribution < 1.29 is 0 Å². The van der Waals surface area contributed by atoms with Crippen molar-refractivity contribution >= 4 is 22.9 Å². The zero-order valence-electron chi connectivity index (χ0n) is 16.3. The van der Waals surface area contributed by atoms with Crippen molar-refractivity contribution in [2.24, 2.45) is 0 Å². The number of aromatic nitrogens is 2. The molecule has 28 heavy (non-hydrogen) atoms. The number of anilines is 4. The van der Waals surface area contributed by atoms with Crippen LogP contribution in [0.1, 0.15) is 32.3 Å². The first-order valence-corrected chi connectivity index (χ1v) is 10.0. The Labute approximate surface area is 166 Å². The molecule has 0 saturated heterocycles. The van der Waals surface area contributed by atoms with Crippen molar-refractivity contribution in [3.8, 4) is 0 Å². The molecule has 0 spiro atoms. The van der Waals surface area contributed by atoms with E-state index in [-0.39, 0.29) is 11.6 Å². The Kier molecular flexibility index (Phi) is 3.93. The van der Waals surface area contributed by atoms with Crippen LogP contribution in [-0.4, -0.2) is 16.1 Å². The zero-order chi connectivity index (χ0) is 19.1. The van der Waals surface area contributed by atoms with Crippen molar-refractivity contribution in [2.45, 2.75) is 38.3 Å². The highest BCUT2D eigenvalue weighted by Gasteiger charge is 2.43. The molecule has 2 aliphatic heterocycles. The van der Waals surface area contributed by atoms with Gasteiger partial charge in [0.05, 0.1) is 6.20 Å². The van der Waals surface area contributed by atoms with Crippen molar-refractivity contribution in [1.82, 2.24) is 9.97 Å². The van der Waals surface area contributed by atoms with Crippen LogP contribution in [0.15, 0.2) is 79.3 Å². The van der Waals surface area contributed by atoms with E-state index in [1.54, 1.807) is 6.33 Å². The largest absolute Gasteiger partial charge is 0.312 e. The van der Waals surface area contributed by atoms with Gasteiger partial charge in [0.25, 0.3) is 0 Å². The number of benzene rings is 2. The fraction of sp³-hybridized carbons (Fsp3) is 0.250. The molecule has 0 bridgehead atoms. The molecule has 1 unspecified atom stereocenters. The summed E-state index contributed by atoms with van der Waals surface area (Å²) >= 11 is 0. The normalized spacial score (nSPS) is 19.0. The lowest BCUT2D eigenvalue weighted by molar-refractivity contribution is 0.499. The molecule has 4 nitrogen and oxygen atoms in total. The summed E-state index contributed by atoms with van der Waals surface area (Å²) in [6, 6.07) is 19.3. The predicted octanol–water partition coefficient (Wildman–Crippen LogP) is 5.72. The van der Waals surface area contributed by atoms with Gasteiger partial charge in [-0.2, -0.15) is 0 Å². The van der Waals surface area contributed by atoms with Gasteiger partial charge >= 0.3 is 0 Å². The second-order valence-electron chi connectivity index (χ2n) is 7.46. The van der Waals surface area contributed by atoms with Crippen molar-refractivity contribution in [3.63, 3.8) is 0 Å². The number of para-hydroxylation sites is 2. The maximum Gasteiger partial charge on any atom is 0.162 e. The number of nitrogens with zero attached hydrogens (tertiary/aromatic N) is 4. The Morgan fingerprint density at radius 2 is 1.64 bits per heavy atom. The monoisotopic (exact) mass is 368 g/mol. The Balaban J connectivity index is 1.78. The summed E-state index contributed by atoms with van der Waals surface area (Å²) in [6.07, 6.45) is 10.5. The molecule has 1 aromatic heterocycles. The molecule has 0 saturated carbocycles. The summed E-state index contributed by atoms with van der Waals surface area (Å²) in [5.41, 5.74) is 4.85. The van der Waals surface area contributed by atoms with Crippen LogP contribution in [0.4, 0.5) is 22.9 Å². The number of rotatable bonds is 3. The Bertz CT molecular complexity index is 1020. The second-order valence-corrected chi connectivity index (χ2v) is 7.46. The van der Waals surface area contributed by atoms with Gasteiger partial charge in [0, 0.05) is 16.8 Å². The van der Waals surface area contributed by atoms with Crippen LogP contribution in [-0.2, 0) is 5.41 Å². The summed E-state index contributed by atoms with van der Waals surface area (Å²) in [4.78, 5) is 13.7. The molecule has 140 valence electrons. The molecule has 2 aliphatic rings. The first-order chi connectivity index (χ1) is 13.8. The van der Waals surface area contributed by atoms with E-state index in [9.17, 15) is 0 Å². The maximum absolute atomic E-state index is 4.66. The Morgan fingerprint density at radius 3 is 2.43 bits per heavy atom. The van der Waals surface area contributed by atoms with Crippen LogP contribution in [0, 0.1) is 0 Å². The molecule has 3 heterocycles. The van der Waals surface area contributed by atoms with E-state index in [0.717, 1.165) is 30.0 Å². The van der Waals surface area contributed by atoms with Gasteiger partial charge in [0.15, 0.2) is 5.82 Å². The molecule has 0 radical (unpaired) electrons. The van der Waals surface area contributed by atoms with Gasteiger partial charge in [-0.1, -0.05) is 56.3 Å². The number of hydrogen-bond acceptors (Lipinski definition) is 4. The molecule has 2 aromatic carbocycles. The van der Waals surface area contributed by atoms with E-state index in [1.807, 2.05) is 6.20 Å². The summed E-state index contributed by atoms with van der Waals surface area (Å²) in [7, 11) is 0.